The van der Waals surface area contributed by atoms with Crippen LogP contribution in [0, 0.1) is 11.3 Å². The minimum atomic E-state index is -4.63. The molecule has 1 fully saturated rings. The summed E-state index contributed by atoms with van der Waals surface area (Å²) in [7, 11) is 0. The minimum absolute atomic E-state index is 0.0426. The van der Waals surface area contributed by atoms with E-state index in [0.29, 0.717) is 6.42 Å². The Balaban J connectivity index is 1.80. The molecule has 1 aliphatic carbocycles. The summed E-state index contributed by atoms with van der Waals surface area (Å²) in [5.74, 6) is -6.72. The highest BCUT2D eigenvalue weighted by molar-refractivity contribution is 5.96. The zero-order valence-corrected chi connectivity index (χ0v) is 17.2. The number of hydrogen-bond donors (Lipinski definition) is 1. The first-order valence-corrected chi connectivity index (χ1v) is 10.3. The van der Waals surface area contributed by atoms with Gasteiger partial charge in [0.05, 0.1) is 11.3 Å². The number of hydrogen-bond acceptors (Lipinski definition) is 7. The van der Waals surface area contributed by atoms with Crippen molar-refractivity contribution in [3.8, 4) is 17.7 Å². The lowest BCUT2D eigenvalue weighted by molar-refractivity contribution is -0.156. The van der Waals surface area contributed by atoms with E-state index in [4.69, 9.17) is 10.2 Å². The minimum Gasteiger partial charge on any atom is -0.419 e. The number of nitrogens with zero attached hydrogens (tertiary/aromatic N) is 5. The van der Waals surface area contributed by atoms with E-state index in [9.17, 15) is 32.0 Å². The molecule has 0 spiro atoms. The van der Waals surface area contributed by atoms with Crippen LogP contribution in [0.5, 0.6) is 0 Å². The first-order valence-electron chi connectivity index (χ1n) is 10.3. The van der Waals surface area contributed by atoms with Crippen molar-refractivity contribution in [2.45, 2.75) is 62.6 Å². The lowest BCUT2D eigenvalue weighted by Crippen LogP contribution is -2.53. The fraction of sp³-hybridized carbons (Fsp3) is 0.550. The molecule has 2 aromatic heterocycles. The first kappa shape index (κ1) is 22.9. The van der Waals surface area contributed by atoms with Crippen LogP contribution in [0.15, 0.2) is 10.5 Å². The fourth-order valence-corrected chi connectivity index (χ4v) is 4.09. The molecule has 0 saturated heterocycles. The van der Waals surface area contributed by atoms with E-state index >= 15 is 0 Å². The van der Waals surface area contributed by atoms with Crippen molar-refractivity contribution in [3.05, 3.63) is 23.2 Å². The van der Waals surface area contributed by atoms with Crippen LogP contribution in [0.1, 0.15) is 66.4 Å². The van der Waals surface area contributed by atoms with Crippen molar-refractivity contribution in [1.82, 2.24) is 20.1 Å². The van der Waals surface area contributed by atoms with Crippen LogP contribution < -0.4 is 5.73 Å². The predicted octanol–water partition coefficient (Wildman–Crippen LogP) is 4.05. The van der Waals surface area contributed by atoms with E-state index in [1.807, 2.05) is 0 Å². The molecule has 1 amide bonds. The van der Waals surface area contributed by atoms with Gasteiger partial charge in [-0.25, -0.2) is 13.8 Å². The third-order valence-electron chi connectivity index (χ3n) is 5.87. The number of carbonyl (C=O) groups is 1. The molecule has 1 aliphatic heterocycles. The van der Waals surface area contributed by atoms with Crippen LogP contribution in [0.4, 0.5) is 27.6 Å². The molecule has 4 rings (SSSR count). The maximum atomic E-state index is 13.6. The molecule has 1 saturated carbocycles. The Hall–Kier alpha value is -3.30. The molecular weight excluding hydrogens is 451 g/mol. The molecular formula is C20H19F5N6O2. The SMILES string of the molecule is N#Cc1cc(N)c2nc1C(=O)N(C1CC(F)(F)C1)CCCCCC(C(F)(F)F)c1nnc-2o1. The average molecular weight is 470 g/mol. The second-order valence-electron chi connectivity index (χ2n) is 8.24. The van der Waals surface area contributed by atoms with Crippen molar-refractivity contribution in [3.63, 3.8) is 0 Å². The molecule has 13 heteroatoms. The van der Waals surface area contributed by atoms with Crippen LogP contribution in [0.3, 0.4) is 0 Å². The molecule has 0 aromatic carbocycles. The second kappa shape index (κ2) is 8.24. The third kappa shape index (κ3) is 4.46. The summed E-state index contributed by atoms with van der Waals surface area (Å²) in [5, 5.41) is 16.6. The molecule has 4 bridgehead atoms. The number of nitrogens with two attached hydrogens (primary N) is 1. The van der Waals surface area contributed by atoms with Gasteiger partial charge in [0, 0.05) is 25.4 Å². The maximum absolute atomic E-state index is 13.6. The lowest BCUT2D eigenvalue weighted by atomic mass is 9.86. The Labute approximate surface area is 184 Å². The number of alkyl halides is 5. The van der Waals surface area contributed by atoms with Crippen LogP contribution in [-0.2, 0) is 0 Å². The predicted molar refractivity (Wildman–Crippen MR) is 103 cm³/mol. The number of fused-ring (bicyclic) bond motifs is 5. The Kier molecular flexibility index (Phi) is 5.71. The van der Waals surface area contributed by atoms with Gasteiger partial charge < -0.3 is 15.1 Å². The Morgan fingerprint density at radius 3 is 2.55 bits per heavy atom. The van der Waals surface area contributed by atoms with E-state index in [0.717, 1.165) is 6.07 Å². The number of nitrogen functional groups attached to an aromatic ring is 1. The van der Waals surface area contributed by atoms with E-state index in [-0.39, 0.29) is 48.4 Å². The molecule has 2 aromatic rings. The molecule has 176 valence electrons. The van der Waals surface area contributed by atoms with Gasteiger partial charge in [0.1, 0.15) is 17.7 Å². The highest BCUT2D eigenvalue weighted by Gasteiger charge is 2.49. The lowest BCUT2D eigenvalue weighted by Gasteiger charge is -2.42. The van der Waals surface area contributed by atoms with Gasteiger partial charge in [-0.3, -0.25) is 4.79 Å². The highest BCUT2D eigenvalue weighted by Crippen LogP contribution is 2.42. The van der Waals surface area contributed by atoms with E-state index < -0.39 is 54.6 Å². The van der Waals surface area contributed by atoms with Crippen LogP contribution in [-0.4, -0.2) is 50.7 Å². The number of nitriles is 1. The molecule has 2 aliphatic rings. The topological polar surface area (TPSA) is 122 Å². The largest absolute Gasteiger partial charge is 0.419 e. The van der Waals surface area contributed by atoms with Gasteiger partial charge in [-0.2, -0.15) is 18.4 Å². The summed E-state index contributed by atoms with van der Waals surface area (Å²) in [6, 6.07) is 2.15. The van der Waals surface area contributed by atoms with Gasteiger partial charge in [0.25, 0.3) is 17.7 Å². The summed E-state index contributed by atoms with van der Waals surface area (Å²) in [6.45, 7) is 0.0426. The van der Waals surface area contributed by atoms with Gasteiger partial charge in [0.15, 0.2) is 5.69 Å². The van der Waals surface area contributed by atoms with Crippen molar-refractivity contribution in [2.24, 2.45) is 0 Å². The second-order valence-corrected chi connectivity index (χ2v) is 8.24. The van der Waals surface area contributed by atoms with E-state index in [1.165, 1.54) is 4.90 Å². The summed E-state index contributed by atoms with van der Waals surface area (Å²) >= 11 is 0. The summed E-state index contributed by atoms with van der Waals surface area (Å²) < 4.78 is 73.1. The molecule has 3 heterocycles. The number of aromatic nitrogens is 3. The van der Waals surface area contributed by atoms with Crippen LogP contribution in [0.2, 0.25) is 0 Å². The number of rotatable bonds is 1. The quantitative estimate of drug-likeness (QED) is 0.624. The average Bonchev–Trinajstić information content (AvgIpc) is 3.18. The zero-order chi connectivity index (χ0) is 24.0. The van der Waals surface area contributed by atoms with Crippen molar-refractivity contribution >= 4 is 11.6 Å². The number of anilines is 1. The van der Waals surface area contributed by atoms with Gasteiger partial charge in [-0.15, -0.1) is 10.2 Å². The molecule has 0 radical (unpaired) electrons. The number of pyridine rings is 1. The number of carbonyl (C=O) groups excluding carboxylic acids is 1. The number of halogens is 5. The Morgan fingerprint density at radius 2 is 1.91 bits per heavy atom. The molecule has 1 unspecified atom stereocenters. The monoisotopic (exact) mass is 470 g/mol. The Morgan fingerprint density at radius 1 is 1.18 bits per heavy atom. The summed E-state index contributed by atoms with van der Waals surface area (Å²) in [5.41, 5.74) is 4.92. The van der Waals surface area contributed by atoms with Gasteiger partial charge in [-0.05, 0) is 18.9 Å². The molecule has 1 atom stereocenters. The maximum Gasteiger partial charge on any atom is 0.400 e. The molecule has 8 nitrogen and oxygen atoms in total. The normalized spacial score (nSPS) is 21.8. The summed E-state index contributed by atoms with van der Waals surface area (Å²) in [4.78, 5) is 18.6. The van der Waals surface area contributed by atoms with Gasteiger partial charge >= 0.3 is 6.18 Å². The van der Waals surface area contributed by atoms with E-state index in [1.54, 1.807) is 6.07 Å². The standard InChI is InChI=1S/C20H19F5N6O2/c21-19(22)7-11(8-19)31-5-3-1-2-4-12(20(23,24)25)16-29-30-17(33-16)15-13(27)6-10(9-26)14(28-15)18(31)32/h6,11-12H,1-5,7-8,27H2. The van der Waals surface area contributed by atoms with Crippen molar-refractivity contribution in [1.29, 1.82) is 5.26 Å². The van der Waals surface area contributed by atoms with Crippen LogP contribution in [0.25, 0.3) is 11.6 Å². The van der Waals surface area contributed by atoms with E-state index in [2.05, 4.69) is 15.2 Å². The van der Waals surface area contributed by atoms with Crippen LogP contribution >= 0.6 is 0 Å². The summed E-state index contributed by atoms with van der Waals surface area (Å²) in [6.07, 6.45) is -5.28. The van der Waals surface area contributed by atoms with Crippen molar-refractivity contribution < 1.29 is 31.2 Å². The fourth-order valence-electron chi connectivity index (χ4n) is 4.09. The zero-order valence-electron chi connectivity index (χ0n) is 17.2. The molecule has 2 N–H and O–H groups in total. The van der Waals surface area contributed by atoms with Gasteiger partial charge in [-0.1, -0.05) is 12.8 Å². The molecule has 33 heavy (non-hydrogen) atoms. The first-order chi connectivity index (χ1) is 15.5. The Bertz CT molecular complexity index is 1100. The van der Waals surface area contributed by atoms with Gasteiger partial charge in [0.2, 0.25) is 5.89 Å². The number of amides is 1. The van der Waals surface area contributed by atoms with Crippen molar-refractivity contribution in [2.75, 3.05) is 12.3 Å². The highest BCUT2D eigenvalue weighted by atomic mass is 19.4. The smallest absolute Gasteiger partial charge is 0.400 e. The third-order valence-corrected chi connectivity index (χ3v) is 5.87.